The van der Waals surface area contributed by atoms with Crippen molar-refractivity contribution in [2.75, 3.05) is 6.54 Å². The Morgan fingerprint density at radius 3 is 2.89 bits per heavy atom. The Kier molecular flexibility index (Phi) is 5.96. The van der Waals surface area contributed by atoms with Crippen molar-refractivity contribution >= 4 is 5.97 Å². The summed E-state index contributed by atoms with van der Waals surface area (Å²) in [6.45, 7) is 6.27. The summed E-state index contributed by atoms with van der Waals surface area (Å²) in [6, 6.07) is 9.39. The number of hydrogen-bond acceptors (Lipinski definition) is 4. The number of carboxylic acids is 1. The summed E-state index contributed by atoms with van der Waals surface area (Å²) in [4.78, 5) is 27.7. The van der Waals surface area contributed by atoms with E-state index in [4.69, 9.17) is 9.84 Å². The Bertz CT molecular complexity index is 875. The maximum Gasteiger partial charge on any atom is 0.303 e. The van der Waals surface area contributed by atoms with Crippen molar-refractivity contribution in [3.8, 4) is 5.75 Å². The number of aromatic nitrogens is 1. The summed E-state index contributed by atoms with van der Waals surface area (Å²) >= 11 is 0. The highest BCUT2D eigenvalue weighted by molar-refractivity contribution is 5.67. The van der Waals surface area contributed by atoms with Gasteiger partial charge >= 0.3 is 5.97 Å². The van der Waals surface area contributed by atoms with E-state index in [1.165, 1.54) is 17.2 Å². The molecule has 2 heterocycles. The molecule has 27 heavy (non-hydrogen) atoms. The zero-order chi connectivity index (χ0) is 19.4. The molecule has 1 aromatic heterocycles. The van der Waals surface area contributed by atoms with Gasteiger partial charge in [-0.25, -0.2) is 0 Å². The van der Waals surface area contributed by atoms with Gasteiger partial charge in [-0.2, -0.15) is 0 Å². The number of ether oxygens (including phenoxy) is 1. The van der Waals surface area contributed by atoms with Gasteiger partial charge in [-0.3, -0.25) is 14.5 Å². The number of pyridine rings is 1. The topological polar surface area (TPSA) is 82.6 Å². The van der Waals surface area contributed by atoms with E-state index in [-0.39, 0.29) is 18.1 Å². The summed E-state index contributed by atoms with van der Waals surface area (Å²) in [6.07, 6.45) is 1.60. The fourth-order valence-electron chi connectivity index (χ4n) is 3.40. The van der Waals surface area contributed by atoms with Crippen LogP contribution in [0, 0.1) is 6.92 Å². The van der Waals surface area contributed by atoms with Gasteiger partial charge in [-0.15, -0.1) is 0 Å². The molecule has 0 saturated carbocycles. The fourth-order valence-corrected chi connectivity index (χ4v) is 3.40. The van der Waals surface area contributed by atoms with Crippen LogP contribution in [0.5, 0.6) is 5.75 Å². The largest absolute Gasteiger partial charge is 0.487 e. The number of nitrogens with zero attached hydrogens (tertiary/aromatic N) is 1. The zero-order valence-electron chi connectivity index (χ0n) is 15.8. The van der Waals surface area contributed by atoms with E-state index in [2.05, 4.69) is 29.8 Å². The minimum Gasteiger partial charge on any atom is -0.487 e. The third-order valence-corrected chi connectivity index (χ3v) is 4.99. The number of carbonyl (C=O) groups is 1. The molecule has 2 aromatic rings. The van der Waals surface area contributed by atoms with E-state index < -0.39 is 5.97 Å². The van der Waals surface area contributed by atoms with Crippen LogP contribution in [-0.2, 0) is 24.3 Å². The lowest BCUT2D eigenvalue weighted by molar-refractivity contribution is -0.136. The van der Waals surface area contributed by atoms with Gasteiger partial charge in [0.2, 0.25) is 5.56 Å². The second-order valence-electron chi connectivity index (χ2n) is 7.14. The van der Waals surface area contributed by atoms with Gasteiger partial charge < -0.3 is 14.8 Å². The Labute approximate surface area is 158 Å². The second kappa shape index (κ2) is 8.39. The van der Waals surface area contributed by atoms with Crippen LogP contribution in [0.25, 0.3) is 0 Å². The molecule has 0 unspecified atom stereocenters. The van der Waals surface area contributed by atoms with Crippen molar-refractivity contribution in [3.05, 3.63) is 63.1 Å². The van der Waals surface area contributed by atoms with Crippen LogP contribution >= 0.6 is 0 Å². The van der Waals surface area contributed by atoms with Gasteiger partial charge in [0, 0.05) is 32.1 Å². The summed E-state index contributed by atoms with van der Waals surface area (Å²) in [7, 11) is 0. The average molecular weight is 370 g/mol. The van der Waals surface area contributed by atoms with Crippen molar-refractivity contribution < 1.29 is 14.6 Å². The minimum absolute atomic E-state index is 0.0626. The molecule has 0 radical (unpaired) electrons. The Morgan fingerprint density at radius 2 is 2.15 bits per heavy atom. The molecular weight excluding hydrogens is 344 g/mol. The normalized spacial score (nSPS) is 17.0. The van der Waals surface area contributed by atoms with Crippen LogP contribution in [0.4, 0.5) is 0 Å². The molecule has 1 aliphatic heterocycles. The van der Waals surface area contributed by atoms with Gasteiger partial charge in [-0.1, -0.05) is 25.1 Å². The quantitative estimate of drug-likeness (QED) is 0.817. The molecule has 1 atom stereocenters. The first-order valence-corrected chi connectivity index (χ1v) is 9.36. The third kappa shape index (κ3) is 4.98. The van der Waals surface area contributed by atoms with E-state index in [9.17, 15) is 9.59 Å². The first-order chi connectivity index (χ1) is 12.9. The van der Waals surface area contributed by atoms with Crippen molar-refractivity contribution in [2.24, 2.45) is 0 Å². The van der Waals surface area contributed by atoms with Crippen molar-refractivity contribution in [1.29, 1.82) is 0 Å². The van der Waals surface area contributed by atoms with Gasteiger partial charge in [-0.05, 0) is 42.5 Å². The summed E-state index contributed by atoms with van der Waals surface area (Å²) in [5, 5.41) is 8.91. The molecular formula is C21H26N2O4. The lowest BCUT2D eigenvalue weighted by Crippen LogP contribution is -2.32. The molecule has 0 aliphatic carbocycles. The smallest absolute Gasteiger partial charge is 0.303 e. The molecule has 3 rings (SSSR count). The standard InChI is InChI=1S/C21H26N2O4/c1-3-17-12-23(13-18-19(27-17)7-8-20(24)22-18)11-16-10-15(5-4-14(16)2)6-9-21(25)26/h4-5,7-8,10,17H,3,6,9,11-13H2,1-2H3,(H,22,24)(H,25,26)/t17-/m1/s1. The lowest BCUT2D eigenvalue weighted by Gasteiger charge is -2.24. The highest BCUT2D eigenvalue weighted by atomic mass is 16.5. The van der Waals surface area contributed by atoms with E-state index in [0.717, 1.165) is 36.5 Å². The Morgan fingerprint density at radius 1 is 1.33 bits per heavy atom. The molecule has 0 bridgehead atoms. The molecule has 1 aliphatic rings. The van der Waals surface area contributed by atoms with E-state index in [1.54, 1.807) is 6.07 Å². The zero-order valence-corrected chi connectivity index (χ0v) is 15.8. The monoisotopic (exact) mass is 370 g/mol. The summed E-state index contributed by atoms with van der Waals surface area (Å²) in [5.41, 5.74) is 4.06. The summed E-state index contributed by atoms with van der Waals surface area (Å²) in [5.74, 6) is -0.0379. The minimum atomic E-state index is -0.784. The van der Waals surface area contributed by atoms with Crippen molar-refractivity contribution in [3.63, 3.8) is 0 Å². The van der Waals surface area contributed by atoms with E-state index in [0.29, 0.717) is 13.0 Å². The van der Waals surface area contributed by atoms with Gasteiger partial charge in [0.05, 0.1) is 5.69 Å². The SMILES string of the molecule is CC[C@@H]1CN(Cc2cc(CCC(=O)O)ccc2C)Cc2[nH]c(=O)ccc2O1. The Balaban J connectivity index is 1.82. The molecule has 1 aromatic carbocycles. The number of fused-ring (bicyclic) bond motifs is 1. The first-order valence-electron chi connectivity index (χ1n) is 9.36. The number of aliphatic carboxylic acids is 1. The highest BCUT2D eigenvalue weighted by Gasteiger charge is 2.23. The van der Waals surface area contributed by atoms with Crippen molar-refractivity contribution in [1.82, 2.24) is 9.88 Å². The van der Waals surface area contributed by atoms with Crippen LogP contribution in [0.3, 0.4) is 0 Å². The number of rotatable bonds is 6. The summed E-state index contributed by atoms with van der Waals surface area (Å²) < 4.78 is 6.07. The third-order valence-electron chi connectivity index (χ3n) is 4.99. The van der Waals surface area contributed by atoms with Crippen molar-refractivity contribution in [2.45, 2.75) is 52.3 Å². The highest BCUT2D eigenvalue weighted by Crippen LogP contribution is 2.25. The number of benzene rings is 1. The van der Waals surface area contributed by atoms with Crippen LogP contribution in [0.1, 0.15) is 42.1 Å². The first kappa shape index (κ1) is 19.2. The maximum absolute atomic E-state index is 11.7. The average Bonchev–Trinajstić information content (AvgIpc) is 2.80. The number of hydrogen-bond donors (Lipinski definition) is 2. The number of aryl methyl sites for hydroxylation is 2. The van der Waals surface area contributed by atoms with Gasteiger partial charge in [0.25, 0.3) is 0 Å². The molecule has 6 heteroatoms. The van der Waals surface area contributed by atoms with E-state index in [1.807, 2.05) is 12.1 Å². The molecule has 0 spiro atoms. The van der Waals surface area contributed by atoms with Crippen LogP contribution in [0.15, 0.2) is 35.1 Å². The second-order valence-corrected chi connectivity index (χ2v) is 7.14. The molecule has 2 N–H and O–H groups in total. The fraction of sp³-hybridized carbons (Fsp3) is 0.429. The Hall–Kier alpha value is -2.60. The molecule has 144 valence electrons. The predicted molar refractivity (Wildman–Crippen MR) is 103 cm³/mol. The number of nitrogens with one attached hydrogen (secondary N) is 1. The van der Waals surface area contributed by atoms with Crippen LogP contribution in [0.2, 0.25) is 0 Å². The number of aromatic amines is 1. The van der Waals surface area contributed by atoms with Gasteiger partial charge in [0.1, 0.15) is 11.9 Å². The number of H-pyrrole nitrogens is 1. The van der Waals surface area contributed by atoms with Gasteiger partial charge in [0.15, 0.2) is 0 Å². The van der Waals surface area contributed by atoms with Crippen LogP contribution < -0.4 is 10.3 Å². The lowest BCUT2D eigenvalue weighted by atomic mass is 10.0. The van der Waals surface area contributed by atoms with E-state index >= 15 is 0 Å². The molecule has 0 amide bonds. The molecule has 0 saturated heterocycles. The number of carboxylic acid groups (broad SMARTS) is 1. The van der Waals surface area contributed by atoms with Crippen LogP contribution in [-0.4, -0.2) is 33.6 Å². The maximum atomic E-state index is 11.7. The predicted octanol–water partition coefficient (Wildman–Crippen LogP) is 2.87. The molecule has 6 nitrogen and oxygen atoms in total. The molecule has 0 fully saturated rings.